The number of hydrogen-bond acceptors (Lipinski definition) is 12. The molecular formula is C15H15B14ClN10O2S. The van der Waals surface area contributed by atoms with Crippen molar-refractivity contribution in [1.82, 2.24) is 29.9 Å². The van der Waals surface area contributed by atoms with E-state index in [1.54, 1.807) is 13.2 Å². The van der Waals surface area contributed by atoms with Gasteiger partial charge in [0.25, 0.3) is 5.16 Å². The number of hydrogen-bond donors (Lipinski definition) is 3. The van der Waals surface area contributed by atoms with Gasteiger partial charge in [0.05, 0.1) is 18.4 Å². The van der Waals surface area contributed by atoms with Gasteiger partial charge in [-0.05, 0) is 33.7 Å². The maximum atomic E-state index is 11.1. The molecule has 43 heavy (non-hydrogen) atoms. The fourth-order valence-electron chi connectivity index (χ4n) is 3.63. The van der Waals surface area contributed by atoms with Gasteiger partial charge in [-0.1, -0.05) is 11.8 Å². The van der Waals surface area contributed by atoms with Crippen LogP contribution in [-0.4, -0.2) is 155 Å². The van der Waals surface area contributed by atoms with Crippen LogP contribution < -0.4 is 26.0 Å². The Hall–Kier alpha value is -2.41. The van der Waals surface area contributed by atoms with Gasteiger partial charge in [-0.3, -0.25) is 0 Å². The second-order valence-corrected chi connectivity index (χ2v) is 10.2. The number of pyridine rings is 1. The number of thioether (sulfide) groups is 1. The molecule has 0 aliphatic rings. The lowest BCUT2D eigenvalue weighted by molar-refractivity contribution is -0.604. The molecule has 3 rings (SSSR count). The maximum absolute atomic E-state index is 11.1. The zero-order valence-electron chi connectivity index (χ0n) is 24.0. The Morgan fingerprint density at radius 1 is 1.00 bits per heavy atom. The first-order valence-corrected chi connectivity index (χ1v) is 13.8. The van der Waals surface area contributed by atoms with Crippen LogP contribution in [0.2, 0.25) is 6.70 Å². The van der Waals surface area contributed by atoms with Gasteiger partial charge < -0.3 is 26.3 Å². The van der Waals surface area contributed by atoms with Crippen molar-refractivity contribution in [3.63, 3.8) is 0 Å². The van der Waals surface area contributed by atoms with Crippen molar-refractivity contribution in [2.45, 2.75) is 5.16 Å². The first kappa shape index (κ1) is 35.1. The van der Waals surface area contributed by atoms with Crippen LogP contribution in [0.4, 0.5) is 17.8 Å². The number of carbonyl (C=O) groups excluding carboxylic acids is 1. The van der Waals surface area contributed by atoms with Crippen molar-refractivity contribution < 1.29 is 15.9 Å². The van der Waals surface area contributed by atoms with Crippen LogP contribution in [0.25, 0.3) is 5.95 Å². The third-order valence-corrected chi connectivity index (χ3v) is 6.56. The van der Waals surface area contributed by atoms with Gasteiger partial charge in [0.1, 0.15) is 0 Å². The minimum atomic E-state index is -1.32. The molecule has 0 fully saturated rings. The topological polar surface area (TPSA) is 171 Å². The van der Waals surface area contributed by atoms with E-state index in [-0.39, 0.29) is 22.7 Å². The predicted octanol–water partition coefficient (Wildman–Crippen LogP) is -6.15. The second-order valence-electron chi connectivity index (χ2n) is 8.77. The molecule has 4 N–H and O–H groups in total. The summed E-state index contributed by atoms with van der Waals surface area (Å²) in [6.07, 6.45) is -1.18. The number of nitrogens with one attached hydrogen (secondary N) is 2. The molecule has 3 heterocycles. The summed E-state index contributed by atoms with van der Waals surface area (Å²) >= 11 is 7.13. The number of rotatable bonds is 14. The summed E-state index contributed by atoms with van der Waals surface area (Å²) in [5.74, 6) is 0.0421. The number of halogens is 1. The van der Waals surface area contributed by atoms with E-state index in [0.29, 0.717) is 29.4 Å². The molecule has 0 aromatic carbocycles. The number of aromatic carboxylic acids is 1. The van der Waals surface area contributed by atoms with Crippen LogP contribution >= 0.6 is 23.4 Å². The molecule has 0 saturated carbocycles. The van der Waals surface area contributed by atoms with Gasteiger partial charge in [-0.2, -0.15) is 19.9 Å². The molecule has 0 spiro atoms. The smallest absolute Gasteiger partial charge is 0.443 e. The molecular weight excluding hydrogens is 571 g/mol. The van der Waals surface area contributed by atoms with Gasteiger partial charge in [0.15, 0.2) is 1.41 Å². The minimum Gasteiger partial charge on any atom is -0.545 e. The van der Waals surface area contributed by atoms with E-state index in [0.717, 1.165) is 0 Å². The Balaban J connectivity index is 0.000000408. The van der Waals surface area contributed by atoms with Crippen molar-refractivity contribution in [3.05, 3.63) is 35.4 Å². The highest BCUT2D eigenvalue weighted by atomic mass is 35.5. The first-order valence-electron chi connectivity index (χ1n) is 12.9. The number of nitrogen functional groups attached to an aromatic ring is 1. The van der Waals surface area contributed by atoms with Gasteiger partial charge in [0.2, 0.25) is 17.2 Å². The zero-order valence-corrected chi connectivity index (χ0v) is 24.6. The standard InChI is InChI=1S/C15H15ClN10O2S.B14/c1-18-12-20-10(16)21-13(24-12)19-4-6-29-15-23-11(17)22-14(25-15)26-5-2-3-8(7-26)9(27)28;1-9(2)13(10(3)4)14(11(5)6)12(7)8/h2-3,5,7H,4,6H2,1H3,(H4-,17,18,19,20,21,22,23,24,25,27,28);/i/hD. The summed E-state index contributed by atoms with van der Waals surface area (Å²) in [5.41, 5.74) is 2.08. The van der Waals surface area contributed by atoms with E-state index < -0.39 is 44.3 Å². The zero-order chi connectivity index (χ0) is 33.0. The number of carboxylic acids is 1. The number of aromatic nitrogens is 7. The van der Waals surface area contributed by atoms with Gasteiger partial charge >= 0.3 is 11.9 Å². The Morgan fingerprint density at radius 2 is 1.60 bits per heavy atom. The van der Waals surface area contributed by atoms with Gasteiger partial charge in [-0.15, -0.1) is 0 Å². The Labute approximate surface area is 274 Å². The number of nitrogens with zero attached hydrogens (tertiary/aromatic N) is 7. The van der Waals surface area contributed by atoms with Crippen LogP contribution in [-0.2, 0) is 0 Å². The lowest BCUT2D eigenvalue weighted by Gasteiger charge is -2.34. The monoisotopic (exact) mass is 589 g/mol. The number of nitrogens with two attached hydrogens (primary N) is 1. The SMILES string of the molecule is [2H]Nc1nc(SCCNc2nc(Cl)nc(NC)n2)nc(-[n+]2cccc(C(=O)[O-])c2)n1.[B]B([B])B(B([B])[B])B(B([B])[B])B([B])[B]. The van der Waals surface area contributed by atoms with E-state index in [1.165, 1.54) is 34.7 Å². The summed E-state index contributed by atoms with van der Waals surface area (Å²) in [6.45, 7) is 0.464. The number of carboxylic acid groups (broad SMARTS) is 1. The molecule has 0 amide bonds. The van der Waals surface area contributed by atoms with Crippen molar-refractivity contribution in [2.24, 2.45) is 0 Å². The molecule has 28 heteroatoms. The third-order valence-electron chi connectivity index (χ3n) is 5.54. The second kappa shape index (κ2) is 17.8. The molecule has 0 atom stereocenters. The molecule has 0 aliphatic heterocycles. The first-order chi connectivity index (χ1) is 20.8. The number of anilines is 3. The van der Waals surface area contributed by atoms with E-state index in [2.05, 4.69) is 46.3 Å². The van der Waals surface area contributed by atoms with Crippen LogP contribution in [0, 0.1) is 0 Å². The summed E-state index contributed by atoms with van der Waals surface area (Å²) < 4.78 is 8.72. The predicted molar refractivity (Wildman–Crippen MR) is 184 cm³/mol. The lowest BCUT2D eigenvalue weighted by atomic mass is 8.47. The molecule has 0 unspecified atom stereocenters. The number of carbonyl (C=O) groups is 1. The third kappa shape index (κ3) is 11.9. The highest BCUT2D eigenvalue weighted by molar-refractivity contribution is 8.10. The van der Waals surface area contributed by atoms with Crippen molar-refractivity contribution in [1.29, 1.82) is 0 Å². The Kier molecular flexibility index (Phi) is 14.5. The van der Waals surface area contributed by atoms with Crippen molar-refractivity contribution in [3.8, 4) is 5.95 Å². The largest absolute Gasteiger partial charge is 0.545 e. The van der Waals surface area contributed by atoms with Crippen LogP contribution in [0.1, 0.15) is 10.4 Å². The fourth-order valence-corrected chi connectivity index (χ4v) is 4.48. The maximum Gasteiger partial charge on any atom is 0.443 e. The van der Waals surface area contributed by atoms with Crippen molar-refractivity contribution in [2.75, 3.05) is 35.7 Å². The molecule has 0 aliphatic carbocycles. The lowest BCUT2D eigenvalue weighted by Crippen LogP contribution is -2.72. The quantitative estimate of drug-likeness (QED) is 0.0707. The summed E-state index contributed by atoms with van der Waals surface area (Å²) in [4.78, 5) is 35.6. The molecule has 16 radical (unpaired) electrons. The molecule has 3 aromatic heterocycles. The average molecular weight is 587 g/mol. The minimum absolute atomic E-state index is 0.0183. The Morgan fingerprint density at radius 3 is 2.14 bits per heavy atom. The van der Waals surface area contributed by atoms with E-state index >= 15 is 0 Å². The average Bonchev–Trinajstić information content (AvgIpc) is 2.97. The highest BCUT2D eigenvalue weighted by Gasteiger charge is 2.35. The summed E-state index contributed by atoms with van der Waals surface area (Å²) in [7, 11) is 45.7. The Bertz CT molecular complexity index is 1340. The summed E-state index contributed by atoms with van der Waals surface area (Å²) in [6, 6.07) is 2.92. The fraction of sp³-hybridized carbons (Fsp3) is 0.200. The molecule has 3 aromatic rings. The van der Waals surface area contributed by atoms with Crippen LogP contribution in [0.15, 0.2) is 29.7 Å². The van der Waals surface area contributed by atoms with E-state index in [9.17, 15) is 9.90 Å². The summed E-state index contributed by atoms with van der Waals surface area (Å²) in [5, 5.41) is 17.3. The highest BCUT2D eigenvalue weighted by Crippen LogP contribution is 2.14. The molecule has 12 nitrogen and oxygen atoms in total. The molecule has 192 valence electrons. The van der Waals surface area contributed by atoms with Crippen LogP contribution in [0.3, 0.4) is 0 Å². The van der Waals surface area contributed by atoms with Crippen molar-refractivity contribution >= 4 is 147 Å². The van der Waals surface area contributed by atoms with Gasteiger partial charge in [-0.25, -0.2) is 4.57 Å². The van der Waals surface area contributed by atoms with Crippen LogP contribution in [0.5, 0.6) is 0 Å². The van der Waals surface area contributed by atoms with E-state index in [4.69, 9.17) is 74.9 Å². The molecule has 0 saturated heterocycles. The van der Waals surface area contributed by atoms with Gasteiger partial charge in [0, 0.05) is 125 Å². The normalized spacial score (nSPS) is 10.2. The van der Waals surface area contributed by atoms with E-state index in [1.807, 2.05) is 0 Å². The molecule has 0 bridgehead atoms.